The minimum atomic E-state index is 0.238. The van der Waals surface area contributed by atoms with E-state index >= 15 is 0 Å². The lowest BCUT2D eigenvalue weighted by molar-refractivity contribution is 1.22. The number of aromatic nitrogens is 2. The molecule has 0 amide bonds. The molecule has 5 heteroatoms. The highest BCUT2D eigenvalue weighted by atomic mass is 79.9. The van der Waals surface area contributed by atoms with Crippen LogP contribution in [0.2, 0.25) is 10.3 Å². The molecule has 13 heavy (non-hydrogen) atoms. The average molecular weight is 278 g/mol. The summed E-state index contributed by atoms with van der Waals surface area (Å²) in [6, 6.07) is 3.60. The summed E-state index contributed by atoms with van der Waals surface area (Å²) in [5, 5.41) is 1.75. The molecule has 2 rings (SSSR count). The molecule has 0 unspecified atom stereocenters. The molecule has 0 aliphatic carbocycles. The number of nitrogens with zero attached hydrogens (tertiary/aromatic N) is 2. The SMILES string of the molecule is Clc1ncc2cc(Cl)c(Br)cc2n1. The van der Waals surface area contributed by atoms with E-state index in [1.807, 2.05) is 6.07 Å². The van der Waals surface area contributed by atoms with E-state index in [9.17, 15) is 0 Å². The number of hydrogen-bond donors (Lipinski definition) is 0. The number of hydrogen-bond acceptors (Lipinski definition) is 2. The molecule has 2 aromatic rings. The van der Waals surface area contributed by atoms with Gasteiger partial charge in [-0.15, -0.1) is 0 Å². The van der Waals surface area contributed by atoms with Crippen LogP contribution < -0.4 is 0 Å². The standard InChI is InChI=1S/C8H3BrCl2N2/c9-5-2-7-4(1-6(5)10)3-12-8(11)13-7/h1-3H. The van der Waals surface area contributed by atoms with Crippen LogP contribution in [0.4, 0.5) is 0 Å². The lowest BCUT2D eigenvalue weighted by atomic mass is 10.2. The Morgan fingerprint density at radius 3 is 2.77 bits per heavy atom. The quantitative estimate of drug-likeness (QED) is 0.686. The van der Waals surface area contributed by atoms with Crippen molar-refractivity contribution in [2.24, 2.45) is 0 Å². The summed E-state index contributed by atoms with van der Waals surface area (Å²) in [6.45, 7) is 0. The van der Waals surface area contributed by atoms with Crippen LogP contribution in [0.25, 0.3) is 10.9 Å². The second-order valence-corrected chi connectivity index (χ2v) is 4.06. The third-order valence-corrected chi connectivity index (χ3v) is 2.97. The van der Waals surface area contributed by atoms with Gasteiger partial charge in [0.1, 0.15) is 0 Å². The van der Waals surface area contributed by atoms with Gasteiger partial charge in [0, 0.05) is 16.1 Å². The molecule has 0 saturated heterocycles. The first-order chi connectivity index (χ1) is 6.16. The lowest BCUT2D eigenvalue weighted by Crippen LogP contribution is -1.84. The van der Waals surface area contributed by atoms with Crippen molar-refractivity contribution in [1.29, 1.82) is 0 Å². The maximum absolute atomic E-state index is 5.89. The Bertz CT molecular complexity index is 473. The first-order valence-electron chi connectivity index (χ1n) is 3.44. The normalized spacial score (nSPS) is 10.7. The molecule has 0 bridgehead atoms. The van der Waals surface area contributed by atoms with Gasteiger partial charge >= 0.3 is 0 Å². The molecule has 2 nitrogen and oxygen atoms in total. The molecule has 1 aromatic heterocycles. The van der Waals surface area contributed by atoms with E-state index in [2.05, 4.69) is 25.9 Å². The van der Waals surface area contributed by atoms with Gasteiger partial charge in [0.25, 0.3) is 0 Å². The van der Waals surface area contributed by atoms with E-state index in [0.717, 1.165) is 15.4 Å². The van der Waals surface area contributed by atoms with Crippen LogP contribution in [-0.4, -0.2) is 9.97 Å². The third kappa shape index (κ3) is 1.77. The summed E-state index contributed by atoms with van der Waals surface area (Å²) in [7, 11) is 0. The Morgan fingerprint density at radius 2 is 2.00 bits per heavy atom. The molecule has 0 spiro atoms. The van der Waals surface area contributed by atoms with E-state index in [1.165, 1.54) is 0 Å². The van der Waals surface area contributed by atoms with Crippen molar-refractivity contribution in [1.82, 2.24) is 9.97 Å². The monoisotopic (exact) mass is 276 g/mol. The Kier molecular flexibility index (Phi) is 2.41. The van der Waals surface area contributed by atoms with Gasteiger partial charge in [0.05, 0.1) is 10.5 Å². The zero-order valence-electron chi connectivity index (χ0n) is 6.26. The fourth-order valence-electron chi connectivity index (χ4n) is 1.00. The predicted octanol–water partition coefficient (Wildman–Crippen LogP) is 3.70. The maximum atomic E-state index is 5.89. The second-order valence-electron chi connectivity index (χ2n) is 2.46. The molecule has 0 radical (unpaired) electrons. The third-order valence-electron chi connectivity index (χ3n) is 1.59. The molecular formula is C8H3BrCl2N2. The van der Waals surface area contributed by atoms with Crippen molar-refractivity contribution in [3.05, 3.63) is 33.1 Å². The van der Waals surface area contributed by atoms with Crippen LogP contribution in [-0.2, 0) is 0 Å². The first kappa shape index (κ1) is 9.19. The topological polar surface area (TPSA) is 25.8 Å². The molecule has 0 N–H and O–H groups in total. The van der Waals surface area contributed by atoms with E-state index in [4.69, 9.17) is 23.2 Å². The summed E-state index contributed by atoms with van der Waals surface area (Å²) in [6.07, 6.45) is 1.64. The molecule has 0 saturated carbocycles. The van der Waals surface area contributed by atoms with Crippen molar-refractivity contribution in [3.8, 4) is 0 Å². The van der Waals surface area contributed by atoms with Crippen molar-refractivity contribution >= 4 is 50.0 Å². The molecule has 0 fully saturated rings. The minimum Gasteiger partial charge on any atom is -0.226 e. The highest BCUT2D eigenvalue weighted by Gasteiger charge is 2.02. The number of halogens is 3. The van der Waals surface area contributed by atoms with Crippen LogP contribution in [0.1, 0.15) is 0 Å². The summed E-state index contributed by atoms with van der Waals surface area (Å²) in [5.41, 5.74) is 0.774. The summed E-state index contributed by atoms with van der Waals surface area (Å²) >= 11 is 14.8. The van der Waals surface area contributed by atoms with Crippen LogP contribution in [0.3, 0.4) is 0 Å². The van der Waals surface area contributed by atoms with Crippen LogP contribution in [0.15, 0.2) is 22.8 Å². The lowest BCUT2D eigenvalue weighted by Gasteiger charge is -1.99. The van der Waals surface area contributed by atoms with Crippen LogP contribution >= 0.6 is 39.1 Å². The zero-order chi connectivity index (χ0) is 9.42. The molecule has 0 atom stereocenters. The molecule has 0 aliphatic heterocycles. The minimum absolute atomic E-state index is 0.238. The van der Waals surface area contributed by atoms with Crippen molar-refractivity contribution in [2.75, 3.05) is 0 Å². The van der Waals surface area contributed by atoms with Crippen molar-refractivity contribution in [2.45, 2.75) is 0 Å². The van der Waals surface area contributed by atoms with E-state index in [0.29, 0.717) is 5.02 Å². The van der Waals surface area contributed by atoms with Gasteiger partial charge in [-0.25, -0.2) is 9.97 Å². The van der Waals surface area contributed by atoms with Crippen molar-refractivity contribution < 1.29 is 0 Å². The summed E-state index contributed by atoms with van der Waals surface area (Å²) in [4.78, 5) is 7.90. The fraction of sp³-hybridized carbons (Fsp3) is 0. The maximum Gasteiger partial charge on any atom is 0.222 e. The first-order valence-corrected chi connectivity index (χ1v) is 4.99. The van der Waals surface area contributed by atoms with Crippen LogP contribution in [0.5, 0.6) is 0 Å². The Hall–Kier alpha value is -0.380. The van der Waals surface area contributed by atoms with Gasteiger partial charge in [-0.3, -0.25) is 0 Å². The zero-order valence-corrected chi connectivity index (χ0v) is 9.36. The highest BCUT2D eigenvalue weighted by Crippen LogP contribution is 2.27. The number of benzene rings is 1. The molecule has 1 heterocycles. The largest absolute Gasteiger partial charge is 0.226 e. The molecule has 0 aliphatic rings. The van der Waals surface area contributed by atoms with Gasteiger partial charge in [-0.2, -0.15) is 0 Å². The molecular weight excluding hydrogens is 275 g/mol. The Balaban J connectivity index is 2.81. The van der Waals surface area contributed by atoms with E-state index < -0.39 is 0 Å². The van der Waals surface area contributed by atoms with Crippen LogP contribution in [0, 0.1) is 0 Å². The highest BCUT2D eigenvalue weighted by molar-refractivity contribution is 9.10. The molecule has 66 valence electrons. The molecule has 1 aromatic carbocycles. The van der Waals surface area contributed by atoms with Gasteiger partial charge in [0.15, 0.2) is 0 Å². The van der Waals surface area contributed by atoms with E-state index in [-0.39, 0.29) is 5.28 Å². The summed E-state index contributed by atoms with van der Waals surface area (Å²) < 4.78 is 0.802. The van der Waals surface area contributed by atoms with E-state index in [1.54, 1.807) is 12.3 Å². The average Bonchev–Trinajstić information content (AvgIpc) is 2.08. The van der Waals surface area contributed by atoms with Gasteiger partial charge in [-0.05, 0) is 39.7 Å². The Labute approximate surface area is 93.0 Å². The summed E-state index contributed by atoms with van der Waals surface area (Å²) in [5.74, 6) is 0. The Morgan fingerprint density at radius 1 is 1.23 bits per heavy atom. The second kappa shape index (κ2) is 3.40. The smallest absolute Gasteiger partial charge is 0.222 e. The predicted molar refractivity (Wildman–Crippen MR) is 57.3 cm³/mol. The van der Waals surface area contributed by atoms with Gasteiger partial charge < -0.3 is 0 Å². The number of rotatable bonds is 0. The van der Waals surface area contributed by atoms with Gasteiger partial charge in [-0.1, -0.05) is 11.6 Å². The van der Waals surface area contributed by atoms with Crippen molar-refractivity contribution in [3.63, 3.8) is 0 Å². The fourth-order valence-corrected chi connectivity index (χ4v) is 1.65. The number of fused-ring (bicyclic) bond motifs is 1. The van der Waals surface area contributed by atoms with Gasteiger partial charge in [0.2, 0.25) is 5.28 Å².